The monoisotopic (exact) mass is 304 g/mol. The fraction of sp³-hybridized carbons (Fsp3) is 0.700. The molecule has 2 heteroatoms. The molecule has 0 atom stereocenters. The van der Waals surface area contributed by atoms with Crippen LogP contribution in [0, 0.1) is 5.21 Å². The molecule has 2 nitrogen and oxygen atoms in total. The van der Waals surface area contributed by atoms with Crippen LogP contribution in [0.15, 0.2) is 30.3 Å². The summed E-state index contributed by atoms with van der Waals surface area (Å²) in [6, 6.07) is 10.3. The third-order valence-electron chi connectivity index (χ3n) is 4.25. The van der Waals surface area contributed by atoms with Gasteiger partial charge in [0.05, 0.1) is 0 Å². The number of rotatable bonds is 14. The van der Waals surface area contributed by atoms with E-state index in [0.29, 0.717) is 13.1 Å². The molecule has 0 unspecified atom stereocenters. The number of unbranched alkanes of at least 4 members (excludes halogenated alkanes) is 9. The van der Waals surface area contributed by atoms with Gasteiger partial charge >= 0.3 is 0 Å². The van der Waals surface area contributed by atoms with Gasteiger partial charge in [0.15, 0.2) is 0 Å². The fourth-order valence-corrected chi connectivity index (χ4v) is 2.79. The van der Waals surface area contributed by atoms with E-state index in [2.05, 4.69) is 19.1 Å². The molecule has 0 aliphatic carbocycles. The second-order valence-electron chi connectivity index (χ2n) is 6.35. The minimum Gasteiger partial charge on any atom is -0.785 e. The predicted octanol–water partition coefficient (Wildman–Crippen LogP) is 5.95. The number of hydroxylamine groups is 2. The van der Waals surface area contributed by atoms with Crippen LogP contribution in [0.2, 0.25) is 0 Å². The van der Waals surface area contributed by atoms with Crippen molar-refractivity contribution in [3.05, 3.63) is 41.1 Å². The average Bonchev–Trinajstić information content (AvgIpc) is 2.55. The van der Waals surface area contributed by atoms with E-state index >= 15 is 0 Å². The van der Waals surface area contributed by atoms with Crippen molar-refractivity contribution in [2.45, 2.75) is 77.6 Å². The van der Waals surface area contributed by atoms with Gasteiger partial charge in [-0.1, -0.05) is 95.0 Å². The van der Waals surface area contributed by atoms with E-state index < -0.39 is 0 Å². The molecule has 22 heavy (non-hydrogen) atoms. The van der Waals surface area contributed by atoms with Crippen molar-refractivity contribution in [3.63, 3.8) is 0 Å². The molecule has 0 saturated heterocycles. The lowest BCUT2D eigenvalue weighted by atomic mass is 10.1. The Balaban J connectivity index is 1.85. The standard InChI is InChI=1S/C20H34NO/c1-2-3-4-5-6-7-8-9-10-14-18-21(22)19-17-20-15-12-11-13-16-20/h11-13,15-16H,2-10,14,17-19H2,1H3/q-1. The smallest absolute Gasteiger partial charge is 0.0103 e. The van der Waals surface area contributed by atoms with Gasteiger partial charge in [-0.15, -0.1) is 0 Å². The second-order valence-corrected chi connectivity index (χ2v) is 6.35. The maximum Gasteiger partial charge on any atom is -0.0103 e. The molecule has 0 N–H and O–H groups in total. The Kier molecular flexibility index (Phi) is 12.0. The summed E-state index contributed by atoms with van der Waals surface area (Å²) in [5.41, 5.74) is 1.26. The number of hydrogen-bond acceptors (Lipinski definition) is 2. The molecule has 0 spiro atoms. The first-order valence-electron chi connectivity index (χ1n) is 9.29. The topological polar surface area (TPSA) is 26.3 Å². The maximum absolute atomic E-state index is 11.8. The summed E-state index contributed by atoms with van der Waals surface area (Å²) in [6.07, 6.45) is 14.1. The Morgan fingerprint density at radius 1 is 0.727 bits per heavy atom. The third kappa shape index (κ3) is 10.8. The fourth-order valence-electron chi connectivity index (χ4n) is 2.79. The Bertz CT molecular complexity index is 339. The van der Waals surface area contributed by atoms with Crippen LogP contribution in [-0.4, -0.2) is 18.2 Å². The number of hydrogen-bond donors (Lipinski definition) is 0. The van der Waals surface area contributed by atoms with Crippen molar-refractivity contribution in [2.24, 2.45) is 0 Å². The molecule has 0 aromatic heterocycles. The highest BCUT2D eigenvalue weighted by Crippen LogP contribution is 2.11. The summed E-state index contributed by atoms with van der Waals surface area (Å²) in [5.74, 6) is 0. The van der Waals surface area contributed by atoms with Crippen LogP contribution in [0.5, 0.6) is 0 Å². The van der Waals surface area contributed by atoms with E-state index in [1.807, 2.05) is 18.2 Å². The van der Waals surface area contributed by atoms with Crippen LogP contribution in [0.4, 0.5) is 0 Å². The molecule has 0 heterocycles. The summed E-state index contributed by atoms with van der Waals surface area (Å²) < 4.78 is 0. The molecule has 0 saturated carbocycles. The third-order valence-corrected chi connectivity index (χ3v) is 4.25. The highest BCUT2D eigenvalue weighted by molar-refractivity contribution is 5.14. The molecule has 126 valence electrons. The van der Waals surface area contributed by atoms with Crippen molar-refractivity contribution < 1.29 is 0 Å². The van der Waals surface area contributed by atoms with Crippen molar-refractivity contribution in [1.82, 2.24) is 5.06 Å². The van der Waals surface area contributed by atoms with E-state index in [0.717, 1.165) is 12.8 Å². The molecule has 1 rings (SSSR count). The highest BCUT2D eigenvalue weighted by Gasteiger charge is 1.96. The highest BCUT2D eigenvalue weighted by atomic mass is 16.5. The van der Waals surface area contributed by atoms with Crippen LogP contribution < -0.4 is 0 Å². The van der Waals surface area contributed by atoms with Gasteiger partial charge in [0.2, 0.25) is 0 Å². The quantitative estimate of drug-likeness (QED) is 0.313. The van der Waals surface area contributed by atoms with Crippen LogP contribution in [0.3, 0.4) is 0 Å². The first kappa shape index (κ1) is 19.2. The van der Waals surface area contributed by atoms with Crippen molar-refractivity contribution >= 4 is 0 Å². The molecular weight excluding hydrogens is 270 g/mol. The summed E-state index contributed by atoms with van der Waals surface area (Å²) in [7, 11) is 0. The van der Waals surface area contributed by atoms with Gasteiger partial charge in [0.1, 0.15) is 0 Å². The van der Waals surface area contributed by atoms with Crippen molar-refractivity contribution in [3.8, 4) is 0 Å². The maximum atomic E-state index is 11.8. The largest absolute Gasteiger partial charge is 0.785 e. The molecule has 0 bridgehead atoms. The van der Waals surface area contributed by atoms with E-state index in [-0.39, 0.29) is 0 Å². The van der Waals surface area contributed by atoms with Crippen LogP contribution >= 0.6 is 0 Å². The molecule has 0 amide bonds. The van der Waals surface area contributed by atoms with Crippen LogP contribution in [0.25, 0.3) is 0 Å². The predicted molar refractivity (Wildman–Crippen MR) is 96.9 cm³/mol. The molecule has 1 aromatic carbocycles. The average molecular weight is 304 g/mol. The molecule has 0 radical (unpaired) electrons. The minimum atomic E-state index is 0.626. The first-order chi connectivity index (χ1) is 10.8. The number of nitrogens with zero attached hydrogens (tertiary/aromatic N) is 1. The first-order valence-corrected chi connectivity index (χ1v) is 9.29. The molecule has 0 fully saturated rings. The van der Waals surface area contributed by atoms with Gasteiger partial charge in [-0.3, -0.25) is 0 Å². The molecule has 1 aromatic rings. The van der Waals surface area contributed by atoms with Gasteiger partial charge in [0.25, 0.3) is 0 Å². The van der Waals surface area contributed by atoms with Crippen LogP contribution in [0.1, 0.15) is 76.7 Å². The molecule has 0 aliphatic heterocycles. The minimum absolute atomic E-state index is 0.626. The Hall–Kier alpha value is -0.860. The molecule has 0 aliphatic rings. The molecular formula is C20H34NO-. The van der Waals surface area contributed by atoms with E-state index in [1.54, 1.807) is 0 Å². The van der Waals surface area contributed by atoms with Gasteiger partial charge < -0.3 is 10.3 Å². The van der Waals surface area contributed by atoms with Crippen molar-refractivity contribution in [1.29, 1.82) is 0 Å². The summed E-state index contributed by atoms with van der Waals surface area (Å²) in [4.78, 5) is 0. The summed E-state index contributed by atoms with van der Waals surface area (Å²) >= 11 is 0. The zero-order valence-corrected chi connectivity index (χ0v) is 14.4. The van der Waals surface area contributed by atoms with E-state index in [4.69, 9.17) is 0 Å². The second kappa shape index (κ2) is 13.8. The Morgan fingerprint density at radius 3 is 1.86 bits per heavy atom. The van der Waals surface area contributed by atoms with Gasteiger partial charge in [0, 0.05) is 0 Å². The van der Waals surface area contributed by atoms with Gasteiger partial charge in [-0.2, -0.15) is 0 Å². The zero-order chi connectivity index (χ0) is 15.9. The summed E-state index contributed by atoms with van der Waals surface area (Å²) in [5, 5.41) is 13.0. The Labute approximate surface area is 137 Å². The SMILES string of the molecule is CCCCCCCCCCCCN([O-])CCc1ccccc1. The lowest BCUT2D eigenvalue weighted by molar-refractivity contribution is 0.366. The lowest BCUT2D eigenvalue weighted by Crippen LogP contribution is -2.20. The summed E-state index contributed by atoms with van der Waals surface area (Å²) in [6.45, 7) is 3.59. The van der Waals surface area contributed by atoms with Gasteiger partial charge in [-0.05, 0) is 31.5 Å². The normalized spacial score (nSPS) is 11.2. The van der Waals surface area contributed by atoms with Gasteiger partial charge in [-0.25, -0.2) is 0 Å². The van der Waals surface area contributed by atoms with Crippen molar-refractivity contribution in [2.75, 3.05) is 13.1 Å². The zero-order valence-electron chi connectivity index (χ0n) is 14.4. The van der Waals surface area contributed by atoms with E-state index in [1.165, 1.54) is 68.4 Å². The Morgan fingerprint density at radius 2 is 1.27 bits per heavy atom. The van der Waals surface area contributed by atoms with Crippen LogP contribution in [-0.2, 0) is 6.42 Å². The van der Waals surface area contributed by atoms with E-state index in [9.17, 15) is 5.21 Å². The lowest BCUT2D eigenvalue weighted by Gasteiger charge is -2.28. The number of benzene rings is 1.